The minimum atomic E-state index is -0.205. The fraction of sp³-hybridized carbons (Fsp3) is 0.385. The fourth-order valence-electron chi connectivity index (χ4n) is 9.04. The minimum Gasteiger partial charge on any atom is -0.393 e. The largest absolute Gasteiger partial charge is 0.393 e. The highest BCUT2D eigenvalue weighted by molar-refractivity contribution is 6.30. The number of rotatable bonds is 17. The highest BCUT2D eigenvalue weighted by Gasteiger charge is 2.33. The number of nitrogens with zero attached hydrogens (tertiary/aromatic N) is 4. The number of oxime groups is 1. The summed E-state index contributed by atoms with van der Waals surface area (Å²) in [6.07, 6.45) is 5.98. The molecule has 2 amide bonds. The Balaban J connectivity index is 0.857. The van der Waals surface area contributed by atoms with Crippen molar-refractivity contribution in [2.24, 2.45) is 5.16 Å². The Morgan fingerprint density at radius 2 is 1.58 bits per heavy atom. The summed E-state index contributed by atoms with van der Waals surface area (Å²) in [5.41, 5.74) is 9.04. The van der Waals surface area contributed by atoms with Crippen LogP contribution in [0.25, 0.3) is 16.8 Å². The predicted molar refractivity (Wildman–Crippen MR) is 262 cm³/mol. The first kappa shape index (κ1) is 47.5. The summed E-state index contributed by atoms with van der Waals surface area (Å²) in [6.45, 7) is 13.4. The quantitative estimate of drug-likeness (QED) is 0.0542. The third kappa shape index (κ3) is 11.9. The summed E-state index contributed by atoms with van der Waals surface area (Å²) in [5.74, 6) is -0.0570. The molecule has 11 nitrogen and oxygen atoms in total. The number of carbonyl (C=O) groups excluding carboxylic acids is 3. The van der Waals surface area contributed by atoms with Gasteiger partial charge in [0.2, 0.25) is 5.91 Å². The molecule has 7 rings (SSSR count). The van der Waals surface area contributed by atoms with Crippen LogP contribution in [0.3, 0.4) is 0 Å². The molecule has 3 heterocycles. The fourth-order valence-corrected chi connectivity index (χ4v) is 9.29. The van der Waals surface area contributed by atoms with Crippen molar-refractivity contribution in [3.05, 3.63) is 135 Å². The standard InChI is InChI=1S/C52H60Cl2N6O5/c1-33(24-26-64-36(4)32-65-55-30-46-9-7-8-25-58(46)31-51(62)47-27-34(2)59(37(47)5)45-21-17-43(54)18-22-45)56-52(63)40-12-10-39(11-13-40)41-14-23-50-48(29-41)49(28-35(3)60(50)38(6)61)57-44-19-15-42(53)16-20-44/h10-23,27,29-30,33,35-36,46,49,57H,7-9,24-26,28,31-32H2,1-6H3,(H,56,63)/b55-30+/t33?,35-,36?,46?,49+/m0/s1. The highest BCUT2D eigenvalue weighted by Crippen LogP contribution is 2.41. The van der Waals surface area contributed by atoms with Crippen LogP contribution in [0.4, 0.5) is 11.4 Å². The molecule has 1 aromatic heterocycles. The molecular weight excluding hydrogens is 860 g/mol. The first-order valence-electron chi connectivity index (χ1n) is 22.6. The van der Waals surface area contributed by atoms with Crippen molar-refractivity contribution in [1.29, 1.82) is 0 Å². The Kier molecular flexibility index (Phi) is 15.8. The monoisotopic (exact) mass is 918 g/mol. The summed E-state index contributed by atoms with van der Waals surface area (Å²) in [6, 6.07) is 31.0. The van der Waals surface area contributed by atoms with E-state index in [2.05, 4.69) is 38.2 Å². The topological polar surface area (TPSA) is 118 Å². The second-order valence-electron chi connectivity index (χ2n) is 17.5. The Morgan fingerprint density at radius 1 is 0.892 bits per heavy atom. The lowest BCUT2D eigenvalue weighted by Crippen LogP contribution is -2.43. The number of ether oxygens (including phenoxy) is 1. The Labute approximate surface area is 393 Å². The molecule has 5 atom stereocenters. The first-order chi connectivity index (χ1) is 31.2. The van der Waals surface area contributed by atoms with Gasteiger partial charge in [-0.05, 0) is 162 Å². The molecule has 2 N–H and O–H groups in total. The zero-order chi connectivity index (χ0) is 46.2. The molecule has 0 saturated carbocycles. The van der Waals surface area contributed by atoms with Crippen LogP contribution in [-0.4, -0.2) is 83.8 Å². The van der Waals surface area contributed by atoms with E-state index >= 15 is 0 Å². The van der Waals surface area contributed by atoms with Crippen LogP contribution >= 0.6 is 23.2 Å². The zero-order valence-electron chi connectivity index (χ0n) is 38.2. The van der Waals surface area contributed by atoms with E-state index in [4.69, 9.17) is 32.8 Å². The van der Waals surface area contributed by atoms with Gasteiger partial charge in [0, 0.05) is 81.3 Å². The van der Waals surface area contributed by atoms with E-state index in [-0.39, 0.29) is 54.5 Å². The summed E-state index contributed by atoms with van der Waals surface area (Å²) in [7, 11) is 0. The zero-order valence-corrected chi connectivity index (χ0v) is 39.7. The van der Waals surface area contributed by atoms with Crippen LogP contribution in [0.15, 0.2) is 102 Å². The number of Topliss-reactive ketones (excluding diaryl/α,β-unsaturated/α-hetero) is 1. The van der Waals surface area contributed by atoms with E-state index < -0.39 is 0 Å². The molecule has 0 aliphatic carbocycles. The molecule has 1 fully saturated rings. The number of fused-ring (bicyclic) bond motifs is 1. The maximum absolute atomic E-state index is 13.6. The van der Waals surface area contributed by atoms with E-state index in [9.17, 15) is 14.4 Å². The predicted octanol–water partition coefficient (Wildman–Crippen LogP) is 11.0. The van der Waals surface area contributed by atoms with Crippen molar-refractivity contribution in [2.45, 2.75) is 104 Å². The average molecular weight is 920 g/mol. The van der Waals surface area contributed by atoms with Gasteiger partial charge in [-0.25, -0.2) is 0 Å². The van der Waals surface area contributed by atoms with Crippen molar-refractivity contribution in [3.63, 3.8) is 0 Å². The second kappa shape index (κ2) is 21.7. The van der Waals surface area contributed by atoms with Gasteiger partial charge in [0.1, 0.15) is 6.61 Å². The van der Waals surface area contributed by atoms with Crippen molar-refractivity contribution < 1.29 is 24.0 Å². The molecule has 3 unspecified atom stereocenters. The number of anilines is 2. The van der Waals surface area contributed by atoms with Gasteiger partial charge in [-0.2, -0.15) is 0 Å². The van der Waals surface area contributed by atoms with Crippen LogP contribution < -0.4 is 15.5 Å². The Morgan fingerprint density at radius 3 is 2.29 bits per heavy atom. The molecule has 0 spiro atoms. The van der Waals surface area contributed by atoms with Gasteiger partial charge >= 0.3 is 0 Å². The Hall–Kier alpha value is -5.46. The molecule has 2 aliphatic heterocycles. The number of halogens is 2. The lowest BCUT2D eigenvalue weighted by Gasteiger charge is -2.39. The van der Waals surface area contributed by atoms with Crippen molar-refractivity contribution in [3.8, 4) is 16.8 Å². The summed E-state index contributed by atoms with van der Waals surface area (Å²) in [4.78, 5) is 49.3. The van der Waals surface area contributed by atoms with Crippen LogP contribution in [0.1, 0.15) is 104 Å². The number of piperidine rings is 1. The maximum atomic E-state index is 13.6. The molecule has 13 heteroatoms. The minimum absolute atomic E-state index is 0.00802. The number of carbonyl (C=O) groups is 3. The van der Waals surface area contributed by atoms with Crippen LogP contribution in [-0.2, 0) is 14.4 Å². The van der Waals surface area contributed by atoms with E-state index in [0.29, 0.717) is 35.2 Å². The second-order valence-corrected chi connectivity index (χ2v) is 18.3. The molecule has 65 heavy (non-hydrogen) atoms. The van der Waals surface area contributed by atoms with E-state index in [1.807, 2.05) is 130 Å². The van der Waals surface area contributed by atoms with Gasteiger partial charge in [-0.1, -0.05) is 53.0 Å². The number of amides is 2. The summed E-state index contributed by atoms with van der Waals surface area (Å²) >= 11 is 12.3. The lowest BCUT2D eigenvalue weighted by atomic mass is 9.88. The van der Waals surface area contributed by atoms with E-state index in [0.717, 1.165) is 82.9 Å². The van der Waals surface area contributed by atoms with Crippen molar-refractivity contribution >= 4 is 58.4 Å². The van der Waals surface area contributed by atoms with Gasteiger partial charge in [0.15, 0.2) is 5.78 Å². The van der Waals surface area contributed by atoms with Gasteiger partial charge in [0.25, 0.3) is 5.91 Å². The van der Waals surface area contributed by atoms with Gasteiger partial charge in [0.05, 0.1) is 24.9 Å². The summed E-state index contributed by atoms with van der Waals surface area (Å²) < 4.78 is 8.10. The number of hydrogen-bond donors (Lipinski definition) is 2. The highest BCUT2D eigenvalue weighted by atomic mass is 35.5. The SMILES string of the molecule is CC(=O)N1c2ccc(-c3ccc(C(=O)NC(C)CCOC(C)CO/N=C/C4CCCCN4CC(=O)c4cc(C)n(-c5ccc(Cl)cc5)c4C)cc3)cc2[C@H](Nc2ccc(Cl)cc2)C[C@@H]1C. The van der Waals surface area contributed by atoms with Crippen LogP contribution in [0.2, 0.25) is 10.0 Å². The molecule has 4 aromatic carbocycles. The molecule has 0 bridgehead atoms. The number of hydrogen-bond acceptors (Lipinski definition) is 8. The smallest absolute Gasteiger partial charge is 0.251 e. The van der Waals surface area contributed by atoms with Crippen molar-refractivity contribution in [1.82, 2.24) is 14.8 Å². The number of ketones is 1. The van der Waals surface area contributed by atoms with Gasteiger partial charge < -0.3 is 29.7 Å². The van der Waals surface area contributed by atoms with E-state index in [1.165, 1.54) is 0 Å². The summed E-state index contributed by atoms with van der Waals surface area (Å²) in [5, 5.41) is 12.4. The third-order valence-electron chi connectivity index (χ3n) is 12.5. The Bertz CT molecular complexity index is 2470. The van der Waals surface area contributed by atoms with Crippen LogP contribution in [0.5, 0.6) is 0 Å². The normalized spacial score (nSPS) is 18.5. The molecule has 2 aliphatic rings. The molecule has 342 valence electrons. The van der Waals surface area contributed by atoms with Crippen LogP contribution in [0, 0.1) is 13.8 Å². The maximum Gasteiger partial charge on any atom is 0.251 e. The van der Waals surface area contributed by atoms with Gasteiger partial charge in [-0.3, -0.25) is 19.3 Å². The third-order valence-corrected chi connectivity index (χ3v) is 13.0. The molecule has 5 aromatic rings. The van der Waals surface area contributed by atoms with Crippen molar-refractivity contribution in [2.75, 3.05) is 36.5 Å². The number of aryl methyl sites for hydroxylation is 1. The van der Waals surface area contributed by atoms with E-state index in [1.54, 1.807) is 6.92 Å². The molecule has 0 radical (unpaired) electrons. The number of aromatic nitrogens is 1. The number of benzene rings is 4. The van der Waals surface area contributed by atoms with Gasteiger partial charge in [-0.15, -0.1) is 0 Å². The number of likely N-dealkylation sites (tertiary alicyclic amines) is 1. The lowest BCUT2D eigenvalue weighted by molar-refractivity contribution is -0.117. The average Bonchev–Trinajstić information content (AvgIpc) is 3.59. The molecule has 1 saturated heterocycles. The number of nitrogens with one attached hydrogen (secondary N) is 2. The molecular formula is C52H60Cl2N6O5. The first-order valence-corrected chi connectivity index (χ1v) is 23.4.